The van der Waals surface area contributed by atoms with Gasteiger partial charge in [-0.15, -0.1) is 0 Å². The Morgan fingerprint density at radius 2 is 2.25 bits per heavy atom. The highest BCUT2D eigenvalue weighted by atomic mass is 16.5. The van der Waals surface area contributed by atoms with Gasteiger partial charge in [0.2, 0.25) is 5.91 Å². The molecule has 0 aliphatic heterocycles. The summed E-state index contributed by atoms with van der Waals surface area (Å²) in [5.74, 6) is 0.0662. The minimum atomic E-state index is 0.0662. The molecule has 0 fully saturated rings. The average molecular weight is 231 g/mol. The van der Waals surface area contributed by atoms with Crippen LogP contribution in [0.3, 0.4) is 0 Å². The largest absolute Gasteiger partial charge is 0.385 e. The third kappa shape index (κ3) is 6.76. The van der Waals surface area contributed by atoms with Crippen molar-refractivity contribution < 1.29 is 9.53 Å². The molecule has 1 amide bonds. The standard InChI is InChI=1S/C11H25N3O2/c1-4-13-11(15)8-10(9-12)14(2)6-5-7-16-3/h10H,4-9,12H2,1-3H3,(H,13,15). The van der Waals surface area contributed by atoms with Gasteiger partial charge in [-0.25, -0.2) is 0 Å². The van der Waals surface area contributed by atoms with Crippen molar-refractivity contribution in [2.75, 3.05) is 40.4 Å². The lowest BCUT2D eigenvalue weighted by molar-refractivity contribution is -0.122. The van der Waals surface area contributed by atoms with Gasteiger partial charge in [-0.1, -0.05) is 0 Å². The van der Waals surface area contributed by atoms with Crippen molar-refractivity contribution in [1.29, 1.82) is 0 Å². The van der Waals surface area contributed by atoms with Crippen LogP contribution in [0.15, 0.2) is 0 Å². The zero-order valence-corrected chi connectivity index (χ0v) is 10.7. The highest BCUT2D eigenvalue weighted by molar-refractivity contribution is 5.76. The number of nitrogens with two attached hydrogens (primary N) is 1. The van der Waals surface area contributed by atoms with Gasteiger partial charge in [0.05, 0.1) is 0 Å². The van der Waals surface area contributed by atoms with E-state index in [1.54, 1.807) is 7.11 Å². The Hall–Kier alpha value is -0.650. The first-order chi connectivity index (χ1) is 7.65. The van der Waals surface area contributed by atoms with E-state index in [4.69, 9.17) is 10.5 Å². The van der Waals surface area contributed by atoms with Crippen molar-refractivity contribution in [2.45, 2.75) is 25.8 Å². The molecule has 0 radical (unpaired) electrons. The molecular formula is C11H25N3O2. The van der Waals surface area contributed by atoms with Crippen LogP contribution in [-0.2, 0) is 9.53 Å². The number of carbonyl (C=O) groups excluding carboxylic acids is 1. The van der Waals surface area contributed by atoms with E-state index in [1.165, 1.54) is 0 Å². The highest BCUT2D eigenvalue weighted by Crippen LogP contribution is 2.01. The van der Waals surface area contributed by atoms with Crippen LogP contribution in [0, 0.1) is 0 Å². The molecule has 0 aromatic heterocycles. The van der Waals surface area contributed by atoms with E-state index < -0.39 is 0 Å². The molecule has 96 valence electrons. The normalized spacial score (nSPS) is 12.8. The fourth-order valence-corrected chi connectivity index (χ4v) is 1.54. The van der Waals surface area contributed by atoms with E-state index in [1.807, 2.05) is 14.0 Å². The van der Waals surface area contributed by atoms with E-state index >= 15 is 0 Å². The van der Waals surface area contributed by atoms with E-state index in [0.29, 0.717) is 19.5 Å². The van der Waals surface area contributed by atoms with Gasteiger partial charge in [0.15, 0.2) is 0 Å². The molecule has 0 rings (SSSR count). The van der Waals surface area contributed by atoms with E-state index in [2.05, 4.69) is 10.2 Å². The molecule has 0 aromatic carbocycles. The fourth-order valence-electron chi connectivity index (χ4n) is 1.54. The molecule has 1 unspecified atom stereocenters. The number of carbonyl (C=O) groups is 1. The topological polar surface area (TPSA) is 67.6 Å². The Labute approximate surface area is 98.3 Å². The van der Waals surface area contributed by atoms with E-state index in [-0.39, 0.29) is 11.9 Å². The van der Waals surface area contributed by atoms with Crippen molar-refractivity contribution >= 4 is 5.91 Å². The number of ether oxygens (including phenoxy) is 1. The number of likely N-dealkylation sites (N-methyl/N-ethyl adjacent to an activating group) is 1. The van der Waals surface area contributed by atoms with Crippen LogP contribution in [0.2, 0.25) is 0 Å². The highest BCUT2D eigenvalue weighted by Gasteiger charge is 2.16. The lowest BCUT2D eigenvalue weighted by Crippen LogP contribution is -2.42. The van der Waals surface area contributed by atoms with Gasteiger partial charge in [0.25, 0.3) is 0 Å². The summed E-state index contributed by atoms with van der Waals surface area (Å²) in [5.41, 5.74) is 5.67. The van der Waals surface area contributed by atoms with Gasteiger partial charge in [-0.2, -0.15) is 0 Å². The minimum absolute atomic E-state index is 0.0662. The van der Waals surface area contributed by atoms with Crippen LogP contribution in [0.1, 0.15) is 19.8 Å². The smallest absolute Gasteiger partial charge is 0.221 e. The van der Waals surface area contributed by atoms with Gasteiger partial charge in [0, 0.05) is 45.8 Å². The minimum Gasteiger partial charge on any atom is -0.385 e. The van der Waals surface area contributed by atoms with Gasteiger partial charge >= 0.3 is 0 Å². The molecular weight excluding hydrogens is 206 g/mol. The molecule has 0 saturated heterocycles. The number of nitrogens with one attached hydrogen (secondary N) is 1. The first-order valence-corrected chi connectivity index (χ1v) is 5.81. The lowest BCUT2D eigenvalue weighted by atomic mass is 10.1. The number of amides is 1. The molecule has 16 heavy (non-hydrogen) atoms. The maximum Gasteiger partial charge on any atom is 0.221 e. The molecule has 0 saturated carbocycles. The Kier molecular flexibility index (Phi) is 9.18. The van der Waals surface area contributed by atoms with E-state index in [9.17, 15) is 4.79 Å². The Balaban J connectivity index is 3.90. The third-order valence-electron chi connectivity index (χ3n) is 2.55. The third-order valence-corrected chi connectivity index (χ3v) is 2.55. The SMILES string of the molecule is CCNC(=O)CC(CN)N(C)CCCOC. The molecule has 0 aromatic rings. The van der Waals surface area contributed by atoms with Crippen LogP contribution < -0.4 is 11.1 Å². The number of hydrogen-bond acceptors (Lipinski definition) is 4. The summed E-state index contributed by atoms with van der Waals surface area (Å²) in [6.07, 6.45) is 1.42. The summed E-state index contributed by atoms with van der Waals surface area (Å²) in [6.45, 7) is 4.72. The van der Waals surface area contributed by atoms with Crippen LogP contribution in [0.4, 0.5) is 0 Å². The lowest BCUT2D eigenvalue weighted by Gasteiger charge is -2.26. The van der Waals surface area contributed by atoms with Gasteiger partial charge in [-0.3, -0.25) is 4.79 Å². The van der Waals surface area contributed by atoms with Crippen LogP contribution >= 0.6 is 0 Å². The molecule has 0 aliphatic carbocycles. The summed E-state index contributed by atoms with van der Waals surface area (Å²) in [5, 5.41) is 2.79. The number of hydrogen-bond donors (Lipinski definition) is 2. The van der Waals surface area contributed by atoms with Gasteiger partial charge < -0.3 is 20.7 Å². The second-order valence-corrected chi connectivity index (χ2v) is 3.87. The van der Waals surface area contributed by atoms with Crippen molar-refractivity contribution in [1.82, 2.24) is 10.2 Å². The summed E-state index contributed by atoms with van der Waals surface area (Å²) < 4.78 is 4.99. The van der Waals surface area contributed by atoms with E-state index in [0.717, 1.165) is 19.6 Å². The molecule has 0 heterocycles. The van der Waals surface area contributed by atoms with Crippen molar-refractivity contribution in [2.24, 2.45) is 5.73 Å². The zero-order valence-electron chi connectivity index (χ0n) is 10.7. The van der Waals surface area contributed by atoms with Gasteiger partial charge in [-0.05, 0) is 20.4 Å². The Morgan fingerprint density at radius 1 is 1.56 bits per heavy atom. The summed E-state index contributed by atoms with van der Waals surface area (Å²) in [6, 6.07) is 0.114. The Bertz CT molecular complexity index is 188. The molecule has 1 atom stereocenters. The summed E-state index contributed by atoms with van der Waals surface area (Å²) in [4.78, 5) is 13.5. The van der Waals surface area contributed by atoms with Crippen molar-refractivity contribution in [3.63, 3.8) is 0 Å². The fraction of sp³-hybridized carbons (Fsp3) is 0.909. The average Bonchev–Trinajstić information content (AvgIpc) is 2.26. The Morgan fingerprint density at radius 3 is 2.75 bits per heavy atom. The van der Waals surface area contributed by atoms with Crippen LogP contribution in [-0.4, -0.2) is 57.2 Å². The molecule has 0 spiro atoms. The maximum atomic E-state index is 11.4. The molecule has 3 N–H and O–H groups in total. The monoisotopic (exact) mass is 231 g/mol. The number of methoxy groups -OCH3 is 1. The molecule has 5 nitrogen and oxygen atoms in total. The predicted molar refractivity (Wildman–Crippen MR) is 65.3 cm³/mol. The van der Waals surface area contributed by atoms with Crippen LogP contribution in [0.5, 0.6) is 0 Å². The van der Waals surface area contributed by atoms with Crippen LogP contribution in [0.25, 0.3) is 0 Å². The quantitative estimate of drug-likeness (QED) is 0.540. The maximum absolute atomic E-state index is 11.4. The number of nitrogens with zero attached hydrogens (tertiary/aromatic N) is 1. The number of rotatable bonds is 9. The predicted octanol–water partition coefficient (Wildman–Crippen LogP) is -0.192. The first kappa shape index (κ1) is 15.3. The first-order valence-electron chi connectivity index (χ1n) is 5.81. The van der Waals surface area contributed by atoms with Crippen molar-refractivity contribution in [3.8, 4) is 0 Å². The van der Waals surface area contributed by atoms with Gasteiger partial charge in [0.1, 0.15) is 0 Å². The molecule has 0 aliphatic rings. The van der Waals surface area contributed by atoms with Crippen molar-refractivity contribution in [3.05, 3.63) is 0 Å². The second kappa shape index (κ2) is 9.57. The summed E-state index contributed by atoms with van der Waals surface area (Å²) in [7, 11) is 3.68. The molecule has 0 bridgehead atoms. The second-order valence-electron chi connectivity index (χ2n) is 3.87. The molecule has 5 heteroatoms. The summed E-state index contributed by atoms with van der Waals surface area (Å²) >= 11 is 0. The zero-order chi connectivity index (χ0) is 12.4.